The number of hydrogen-bond donors (Lipinski definition) is 2. The van der Waals surface area contributed by atoms with Crippen molar-refractivity contribution in [1.82, 2.24) is 10.2 Å². The molecule has 1 amide bonds. The predicted octanol–water partition coefficient (Wildman–Crippen LogP) is 3.75. The number of nitrogens with zero attached hydrogens (tertiary/aromatic N) is 1. The minimum Gasteiger partial charge on any atom is -0.460 e. The molecule has 0 spiro atoms. The molecule has 3 heterocycles. The Bertz CT molecular complexity index is 854. The third kappa shape index (κ3) is 2.55. The molecule has 116 valence electrons. The van der Waals surface area contributed by atoms with Gasteiger partial charge in [-0.05, 0) is 19.1 Å². The van der Waals surface area contributed by atoms with Crippen LogP contribution in [-0.4, -0.2) is 21.9 Å². The van der Waals surface area contributed by atoms with Crippen LogP contribution in [0.4, 0.5) is 5.82 Å². The molecule has 5 nitrogen and oxygen atoms in total. The van der Waals surface area contributed by atoms with Crippen molar-refractivity contribution >= 4 is 23.5 Å². The van der Waals surface area contributed by atoms with Crippen LogP contribution in [0.2, 0.25) is 0 Å². The summed E-state index contributed by atoms with van der Waals surface area (Å²) < 4.78 is 6.08. The fourth-order valence-corrected chi connectivity index (χ4v) is 3.88. The van der Waals surface area contributed by atoms with E-state index < -0.39 is 0 Å². The van der Waals surface area contributed by atoms with Crippen molar-refractivity contribution in [2.45, 2.75) is 12.2 Å². The van der Waals surface area contributed by atoms with Gasteiger partial charge < -0.3 is 9.73 Å². The molecule has 0 saturated heterocycles. The standard InChI is InChI=1S/C17H15N3O2S/c1-10-15-16(23-9-14(21)18-17(15)20-19-10)13-8-7-12(22-13)11-5-3-2-4-6-11/h2-8,16H,9H2,1H3,(H2,18,19,20,21)/t16-/m0/s1. The van der Waals surface area contributed by atoms with Crippen LogP contribution >= 0.6 is 11.8 Å². The fourth-order valence-electron chi connectivity index (χ4n) is 2.74. The first-order valence-electron chi connectivity index (χ1n) is 7.34. The monoisotopic (exact) mass is 325 g/mol. The number of aryl methyl sites for hydroxylation is 1. The first-order chi connectivity index (χ1) is 11.2. The first kappa shape index (κ1) is 14.1. The number of anilines is 1. The zero-order valence-corrected chi connectivity index (χ0v) is 13.3. The fraction of sp³-hybridized carbons (Fsp3) is 0.176. The normalized spacial score (nSPS) is 17.4. The van der Waals surface area contributed by atoms with Crippen molar-refractivity contribution in [1.29, 1.82) is 0 Å². The van der Waals surface area contributed by atoms with Crippen molar-refractivity contribution in [3.8, 4) is 11.3 Å². The smallest absolute Gasteiger partial charge is 0.235 e. The summed E-state index contributed by atoms with van der Waals surface area (Å²) in [4.78, 5) is 11.8. The zero-order valence-electron chi connectivity index (χ0n) is 12.5. The second-order valence-corrected chi connectivity index (χ2v) is 6.51. The molecule has 0 bridgehead atoms. The largest absolute Gasteiger partial charge is 0.460 e. The molecular formula is C17H15N3O2S. The quantitative estimate of drug-likeness (QED) is 0.753. The SMILES string of the molecule is Cc1[nH]nc2c1[C@H](c1ccc(-c3ccccc3)o1)SCC(=O)N2. The number of aromatic nitrogens is 2. The van der Waals surface area contributed by atoms with Crippen molar-refractivity contribution < 1.29 is 9.21 Å². The Morgan fingerprint density at radius 2 is 2.04 bits per heavy atom. The van der Waals surface area contributed by atoms with Crippen LogP contribution in [0.1, 0.15) is 22.3 Å². The molecule has 1 aliphatic heterocycles. The van der Waals surface area contributed by atoms with Crippen LogP contribution in [0.25, 0.3) is 11.3 Å². The van der Waals surface area contributed by atoms with Crippen molar-refractivity contribution in [2.24, 2.45) is 0 Å². The van der Waals surface area contributed by atoms with Crippen LogP contribution in [0.15, 0.2) is 46.9 Å². The highest BCUT2D eigenvalue weighted by atomic mass is 32.2. The number of hydrogen-bond acceptors (Lipinski definition) is 4. The number of thioether (sulfide) groups is 1. The number of nitrogens with one attached hydrogen (secondary N) is 2. The highest BCUT2D eigenvalue weighted by molar-refractivity contribution is 8.00. The van der Waals surface area contributed by atoms with E-state index in [-0.39, 0.29) is 11.2 Å². The third-order valence-corrected chi connectivity index (χ3v) is 5.07. The Morgan fingerprint density at radius 3 is 2.87 bits per heavy atom. The van der Waals surface area contributed by atoms with Gasteiger partial charge in [-0.25, -0.2) is 0 Å². The van der Waals surface area contributed by atoms with Crippen molar-refractivity contribution in [2.75, 3.05) is 11.1 Å². The van der Waals surface area contributed by atoms with E-state index in [0.29, 0.717) is 11.6 Å². The Kier molecular flexibility index (Phi) is 3.46. The Hall–Kier alpha value is -2.47. The summed E-state index contributed by atoms with van der Waals surface area (Å²) in [5, 5.41) is 9.92. The number of amides is 1. The number of carbonyl (C=O) groups excluding carboxylic acids is 1. The molecule has 3 aromatic rings. The lowest BCUT2D eigenvalue weighted by atomic mass is 10.1. The highest BCUT2D eigenvalue weighted by Gasteiger charge is 2.30. The molecule has 2 aromatic heterocycles. The van der Waals surface area contributed by atoms with E-state index in [1.165, 1.54) is 0 Å². The van der Waals surface area contributed by atoms with Gasteiger partial charge in [0.1, 0.15) is 11.5 Å². The van der Waals surface area contributed by atoms with Crippen molar-refractivity contribution in [3.05, 3.63) is 59.5 Å². The summed E-state index contributed by atoms with van der Waals surface area (Å²) in [7, 11) is 0. The third-order valence-electron chi connectivity index (χ3n) is 3.84. The summed E-state index contributed by atoms with van der Waals surface area (Å²) >= 11 is 1.55. The number of aromatic amines is 1. The number of H-pyrrole nitrogens is 1. The van der Waals surface area contributed by atoms with Gasteiger partial charge in [0, 0.05) is 16.8 Å². The van der Waals surface area contributed by atoms with Gasteiger partial charge >= 0.3 is 0 Å². The maximum Gasteiger partial charge on any atom is 0.235 e. The highest BCUT2D eigenvalue weighted by Crippen LogP contribution is 2.43. The van der Waals surface area contributed by atoms with Gasteiger partial charge in [0.2, 0.25) is 5.91 Å². The van der Waals surface area contributed by atoms with Crippen LogP contribution in [0.3, 0.4) is 0 Å². The van der Waals surface area contributed by atoms with Crippen LogP contribution in [0, 0.1) is 6.92 Å². The lowest BCUT2D eigenvalue weighted by Gasteiger charge is -2.11. The summed E-state index contributed by atoms with van der Waals surface area (Å²) in [5.41, 5.74) is 2.96. The minimum absolute atomic E-state index is 0.0416. The molecule has 1 aromatic carbocycles. The topological polar surface area (TPSA) is 70.9 Å². The number of furan rings is 1. The van der Waals surface area contributed by atoms with Gasteiger partial charge in [0.25, 0.3) is 0 Å². The van der Waals surface area contributed by atoms with Crippen LogP contribution in [0.5, 0.6) is 0 Å². The Labute approximate surface area is 137 Å². The second kappa shape index (κ2) is 5.62. The molecular weight excluding hydrogens is 310 g/mol. The van der Waals surface area contributed by atoms with Crippen LogP contribution < -0.4 is 5.32 Å². The van der Waals surface area contributed by atoms with E-state index in [1.54, 1.807) is 11.8 Å². The Balaban J connectivity index is 1.75. The number of rotatable bonds is 2. The number of carbonyl (C=O) groups is 1. The van der Waals surface area contributed by atoms with E-state index in [0.717, 1.165) is 28.3 Å². The van der Waals surface area contributed by atoms with E-state index in [1.807, 2.05) is 49.4 Å². The summed E-state index contributed by atoms with van der Waals surface area (Å²) in [6.45, 7) is 1.96. The first-order valence-corrected chi connectivity index (χ1v) is 8.38. The van der Waals surface area contributed by atoms with Gasteiger partial charge in [-0.2, -0.15) is 5.10 Å². The van der Waals surface area contributed by atoms with Crippen LogP contribution in [-0.2, 0) is 4.79 Å². The van der Waals surface area contributed by atoms with E-state index in [9.17, 15) is 4.79 Å². The lowest BCUT2D eigenvalue weighted by Crippen LogP contribution is -2.12. The molecule has 23 heavy (non-hydrogen) atoms. The van der Waals surface area contributed by atoms with Gasteiger partial charge in [-0.1, -0.05) is 30.3 Å². The minimum atomic E-state index is -0.0554. The molecule has 0 fully saturated rings. The molecule has 2 N–H and O–H groups in total. The van der Waals surface area contributed by atoms with E-state index in [4.69, 9.17) is 4.42 Å². The molecule has 1 atom stereocenters. The maximum atomic E-state index is 11.8. The van der Waals surface area contributed by atoms with Gasteiger partial charge in [-0.15, -0.1) is 11.8 Å². The van der Waals surface area contributed by atoms with Gasteiger partial charge in [0.15, 0.2) is 5.82 Å². The molecule has 0 aliphatic carbocycles. The molecule has 0 unspecified atom stereocenters. The Morgan fingerprint density at radius 1 is 1.22 bits per heavy atom. The van der Waals surface area contributed by atoms with E-state index >= 15 is 0 Å². The van der Waals surface area contributed by atoms with Crippen molar-refractivity contribution in [3.63, 3.8) is 0 Å². The predicted molar refractivity (Wildman–Crippen MR) is 90.4 cm³/mol. The zero-order chi connectivity index (χ0) is 15.8. The summed E-state index contributed by atoms with van der Waals surface area (Å²) in [6, 6.07) is 13.9. The molecule has 1 aliphatic rings. The average molecular weight is 325 g/mol. The number of benzene rings is 1. The molecule has 0 radical (unpaired) electrons. The average Bonchev–Trinajstić information content (AvgIpc) is 3.14. The van der Waals surface area contributed by atoms with Gasteiger partial charge in [0.05, 0.1) is 11.0 Å². The second-order valence-electron chi connectivity index (χ2n) is 5.42. The molecule has 4 rings (SSSR count). The van der Waals surface area contributed by atoms with E-state index in [2.05, 4.69) is 15.5 Å². The summed E-state index contributed by atoms with van der Waals surface area (Å²) in [5.74, 6) is 2.59. The molecule has 6 heteroatoms. The number of fused-ring (bicyclic) bond motifs is 1. The van der Waals surface area contributed by atoms with Gasteiger partial charge in [-0.3, -0.25) is 9.89 Å². The molecule has 0 saturated carbocycles. The maximum absolute atomic E-state index is 11.8. The lowest BCUT2D eigenvalue weighted by molar-refractivity contribution is -0.113. The summed E-state index contributed by atoms with van der Waals surface area (Å²) in [6.07, 6.45) is 0.